The van der Waals surface area contributed by atoms with Crippen LogP contribution in [0.4, 0.5) is 14.6 Å². The molecule has 0 saturated carbocycles. The number of halogens is 2. The maximum Gasteiger partial charge on any atom is 0.170 e. The van der Waals surface area contributed by atoms with Crippen LogP contribution in [0.15, 0.2) is 76.1 Å². The van der Waals surface area contributed by atoms with Gasteiger partial charge < -0.3 is 0 Å². The van der Waals surface area contributed by atoms with E-state index in [-0.39, 0.29) is 11.7 Å². The van der Waals surface area contributed by atoms with Crippen molar-refractivity contribution in [3.63, 3.8) is 0 Å². The fourth-order valence-corrected chi connectivity index (χ4v) is 5.32. The monoisotopic (exact) mass is 476 g/mol. The van der Waals surface area contributed by atoms with E-state index < -0.39 is 15.5 Å². The van der Waals surface area contributed by atoms with Crippen LogP contribution in [0.2, 0.25) is 0 Å². The molecule has 0 amide bonds. The molecule has 0 spiro atoms. The number of rotatable bonds is 4. The molecule has 5 nitrogen and oxygen atoms in total. The van der Waals surface area contributed by atoms with Crippen LogP contribution in [0.5, 0.6) is 0 Å². The Labute approximate surface area is 196 Å². The second-order valence-electron chi connectivity index (χ2n) is 8.56. The number of hydrogen-bond acceptors (Lipinski definition) is 4. The molecule has 0 bridgehead atoms. The fraction of sp³-hybridized carbons (Fsp3) is 0.154. The summed E-state index contributed by atoms with van der Waals surface area (Å²) in [6, 6.07) is 15.8. The van der Waals surface area contributed by atoms with E-state index in [1.807, 2.05) is 26.0 Å². The number of benzene rings is 3. The van der Waals surface area contributed by atoms with E-state index in [2.05, 4.69) is 14.6 Å². The third-order valence-corrected chi connectivity index (χ3v) is 7.39. The Morgan fingerprint density at radius 2 is 1.74 bits per heavy atom. The predicted octanol–water partition coefficient (Wildman–Crippen LogP) is 6.97. The summed E-state index contributed by atoms with van der Waals surface area (Å²) in [5, 5.41) is 9.50. The van der Waals surface area contributed by atoms with Gasteiger partial charge in [-0.25, -0.2) is 18.0 Å². The van der Waals surface area contributed by atoms with Crippen LogP contribution in [0, 0.1) is 11.6 Å². The van der Waals surface area contributed by atoms with E-state index in [0.717, 1.165) is 33.1 Å². The summed E-state index contributed by atoms with van der Waals surface area (Å²) in [5.74, 6) is -0.496. The van der Waals surface area contributed by atoms with Crippen molar-refractivity contribution in [3.05, 3.63) is 84.2 Å². The van der Waals surface area contributed by atoms with Crippen molar-refractivity contribution in [1.82, 2.24) is 15.2 Å². The van der Waals surface area contributed by atoms with Crippen molar-refractivity contribution in [2.75, 3.05) is 6.26 Å². The van der Waals surface area contributed by atoms with Gasteiger partial charge in [0, 0.05) is 22.6 Å². The molecule has 1 atom stereocenters. The third kappa shape index (κ3) is 3.94. The van der Waals surface area contributed by atoms with Gasteiger partial charge in [-0.1, -0.05) is 32.0 Å². The molecule has 0 aliphatic carbocycles. The lowest BCUT2D eigenvalue weighted by Crippen LogP contribution is -2.02. The molecular weight excluding hydrogens is 454 g/mol. The quantitative estimate of drug-likeness (QED) is 0.305. The first kappa shape index (κ1) is 22.2. The molecule has 1 N–H and O–H groups in total. The standard InChI is InChI=1S/C26H22F2N4OS/c1-15(2)25-24(16-7-9-18(27)10-8-16)21-11-17-14-29-31-23(17)13-22(21)26(30-25)32-34(3,33)20-6-4-5-19(28)12-20/h4-15H,1-3H3,(H,29,31). The molecule has 0 aliphatic heterocycles. The molecule has 0 saturated heterocycles. The molecule has 0 radical (unpaired) electrons. The number of aromatic amines is 1. The first-order chi connectivity index (χ1) is 16.2. The predicted molar refractivity (Wildman–Crippen MR) is 132 cm³/mol. The summed E-state index contributed by atoms with van der Waals surface area (Å²) < 4.78 is 45.7. The Morgan fingerprint density at radius 3 is 2.44 bits per heavy atom. The minimum atomic E-state index is -3.00. The summed E-state index contributed by atoms with van der Waals surface area (Å²) in [6.45, 7) is 4.02. The molecule has 3 aromatic carbocycles. The van der Waals surface area contributed by atoms with Crippen LogP contribution in [-0.2, 0) is 9.73 Å². The molecule has 2 heterocycles. The highest BCUT2D eigenvalue weighted by Crippen LogP contribution is 2.41. The van der Waals surface area contributed by atoms with Crippen LogP contribution in [0.25, 0.3) is 32.8 Å². The van der Waals surface area contributed by atoms with Crippen molar-refractivity contribution in [3.8, 4) is 11.1 Å². The van der Waals surface area contributed by atoms with E-state index in [9.17, 15) is 13.0 Å². The molecule has 8 heteroatoms. The fourth-order valence-electron chi connectivity index (χ4n) is 4.08. The molecular formula is C26H22F2N4OS. The zero-order valence-electron chi connectivity index (χ0n) is 18.8. The molecule has 0 fully saturated rings. The Kier molecular flexibility index (Phi) is 5.40. The summed E-state index contributed by atoms with van der Waals surface area (Å²) >= 11 is 0. The van der Waals surface area contributed by atoms with Gasteiger partial charge >= 0.3 is 0 Å². The SMILES string of the molecule is CC(C)c1nc(N=S(C)(=O)c2cccc(F)c2)c2cc3[nH]ncc3cc2c1-c1ccc(F)cc1. The molecule has 2 aromatic heterocycles. The molecule has 1 unspecified atom stereocenters. The van der Waals surface area contributed by atoms with Gasteiger partial charge in [-0.15, -0.1) is 0 Å². The van der Waals surface area contributed by atoms with Gasteiger partial charge in [0.1, 0.15) is 11.6 Å². The number of aromatic nitrogens is 3. The topological polar surface area (TPSA) is 71.0 Å². The van der Waals surface area contributed by atoms with E-state index in [1.54, 1.807) is 24.4 Å². The summed E-state index contributed by atoms with van der Waals surface area (Å²) in [5.41, 5.74) is 3.20. The van der Waals surface area contributed by atoms with Gasteiger partial charge in [-0.2, -0.15) is 9.46 Å². The average molecular weight is 477 g/mol. The van der Waals surface area contributed by atoms with Crippen molar-refractivity contribution < 1.29 is 13.0 Å². The number of nitrogens with one attached hydrogen (secondary N) is 1. The number of nitrogens with zero attached hydrogens (tertiary/aromatic N) is 3. The first-order valence-corrected chi connectivity index (χ1v) is 12.7. The number of hydrogen-bond donors (Lipinski definition) is 1. The minimum Gasteiger partial charge on any atom is -0.278 e. The summed E-state index contributed by atoms with van der Waals surface area (Å²) in [4.78, 5) is 5.15. The highest BCUT2D eigenvalue weighted by molar-refractivity contribution is 7.93. The van der Waals surface area contributed by atoms with Gasteiger partial charge in [-0.3, -0.25) is 5.10 Å². The second-order valence-corrected chi connectivity index (χ2v) is 10.8. The van der Waals surface area contributed by atoms with Crippen LogP contribution in [0.1, 0.15) is 25.5 Å². The molecule has 34 heavy (non-hydrogen) atoms. The van der Waals surface area contributed by atoms with Crippen LogP contribution >= 0.6 is 0 Å². The Bertz CT molecular complexity index is 1670. The summed E-state index contributed by atoms with van der Waals surface area (Å²) in [7, 11) is -3.00. The number of H-pyrrole nitrogens is 1. The highest BCUT2D eigenvalue weighted by atomic mass is 32.2. The minimum absolute atomic E-state index is 0.000489. The van der Waals surface area contributed by atoms with E-state index in [1.165, 1.54) is 36.6 Å². The molecule has 5 aromatic rings. The van der Waals surface area contributed by atoms with Crippen molar-refractivity contribution >= 4 is 37.2 Å². The van der Waals surface area contributed by atoms with Crippen LogP contribution in [-0.4, -0.2) is 25.6 Å². The van der Waals surface area contributed by atoms with Gasteiger partial charge in [0.15, 0.2) is 5.82 Å². The van der Waals surface area contributed by atoms with Gasteiger partial charge in [0.25, 0.3) is 0 Å². The second kappa shape index (κ2) is 8.29. The third-order valence-electron chi connectivity index (χ3n) is 5.74. The zero-order chi connectivity index (χ0) is 24.0. The van der Waals surface area contributed by atoms with E-state index in [4.69, 9.17) is 4.98 Å². The first-order valence-electron chi connectivity index (χ1n) is 10.8. The van der Waals surface area contributed by atoms with E-state index >= 15 is 0 Å². The molecule has 0 aliphatic rings. The lowest BCUT2D eigenvalue weighted by Gasteiger charge is -2.18. The van der Waals surface area contributed by atoms with Crippen molar-refractivity contribution in [2.24, 2.45) is 4.36 Å². The van der Waals surface area contributed by atoms with Crippen molar-refractivity contribution in [1.29, 1.82) is 0 Å². The largest absolute Gasteiger partial charge is 0.278 e. The zero-order valence-corrected chi connectivity index (χ0v) is 19.7. The number of fused-ring (bicyclic) bond motifs is 2. The van der Waals surface area contributed by atoms with Gasteiger partial charge in [0.05, 0.1) is 32.0 Å². The van der Waals surface area contributed by atoms with Crippen molar-refractivity contribution in [2.45, 2.75) is 24.7 Å². The number of pyridine rings is 1. The maximum absolute atomic E-state index is 13.8. The lowest BCUT2D eigenvalue weighted by molar-refractivity contribution is 0.622. The Balaban J connectivity index is 1.89. The Morgan fingerprint density at radius 1 is 0.971 bits per heavy atom. The summed E-state index contributed by atoms with van der Waals surface area (Å²) in [6.07, 6.45) is 3.21. The average Bonchev–Trinajstić information content (AvgIpc) is 3.26. The highest BCUT2D eigenvalue weighted by Gasteiger charge is 2.20. The van der Waals surface area contributed by atoms with Crippen LogP contribution < -0.4 is 0 Å². The van der Waals surface area contributed by atoms with Crippen LogP contribution in [0.3, 0.4) is 0 Å². The lowest BCUT2D eigenvalue weighted by atomic mass is 9.92. The van der Waals surface area contributed by atoms with Gasteiger partial charge in [0.2, 0.25) is 0 Å². The normalized spacial score (nSPS) is 13.5. The van der Waals surface area contributed by atoms with Gasteiger partial charge in [-0.05, 0) is 59.3 Å². The smallest absolute Gasteiger partial charge is 0.170 e. The Hall–Kier alpha value is -3.65. The molecule has 172 valence electrons. The maximum atomic E-state index is 13.8. The molecule has 5 rings (SSSR count). The van der Waals surface area contributed by atoms with E-state index in [0.29, 0.717) is 16.1 Å².